The number of hydrogen-bond donors (Lipinski definition) is 8. The van der Waals surface area contributed by atoms with Crippen molar-refractivity contribution in [3.63, 3.8) is 0 Å². The van der Waals surface area contributed by atoms with Gasteiger partial charge in [0.15, 0.2) is 5.96 Å². The summed E-state index contributed by atoms with van der Waals surface area (Å²) in [5.41, 5.74) is 1.46. The molecule has 1 aliphatic heterocycles. The summed E-state index contributed by atoms with van der Waals surface area (Å²) in [6, 6.07) is 9.26. The average molecular weight is 649 g/mol. The standard InChI is InChI=1S/C30H42BrN5O6/c1-29(2,3)18-7-16(8-19(31)11-18)25(24(27(41)42)30(4,5)6)36-23(39)15-32-26(40)17-9-20(12-21(37)10-17)35-28-33-13-22(38)14-34-28/h7-12,22,24-26,32,37-38,40H,13-15H2,1-6H3,(H,36,39)(H,41,42)(H2,33,34,35). The number of aliphatic imine (C=N–C) groups is 1. The second kappa shape index (κ2) is 13.4. The molecule has 230 valence electrons. The molecular formula is C30H42BrN5O6. The van der Waals surface area contributed by atoms with Gasteiger partial charge in [-0.15, -0.1) is 0 Å². The Kier molecular flexibility index (Phi) is 10.6. The van der Waals surface area contributed by atoms with Crippen LogP contribution in [-0.2, 0) is 15.0 Å². The van der Waals surface area contributed by atoms with Gasteiger partial charge in [0, 0.05) is 28.3 Å². The summed E-state index contributed by atoms with van der Waals surface area (Å²) < 4.78 is 0.773. The van der Waals surface area contributed by atoms with E-state index in [1.54, 1.807) is 6.07 Å². The molecule has 1 aliphatic rings. The first kappa shape index (κ1) is 33.3. The topological polar surface area (TPSA) is 176 Å². The summed E-state index contributed by atoms with van der Waals surface area (Å²) in [5, 5.41) is 52.4. The molecule has 11 nitrogen and oxygen atoms in total. The zero-order chi connectivity index (χ0) is 31.4. The van der Waals surface area contributed by atoms with E-state index < -0.39 is 41.6 Å². The Bertz CT molecular complexity index is 1320. The highest BCUT2D eigenvalue weighted by Gasteiger charge is 2.40. The summed E-state index contributed by atoms with van der Waals surface area (Å²) in [6.07, 6.45) is -1.90. The molecule has 0 saturated heterocycles. The van der Waals surface area contributed by atoms with Gasteiger partial charge in [0.25, 0.3) is 0 Å². The summed E-state index contributed by atoms with van der Waals surface area (Å²) in [6.45, 7) is 11.9. The molecule has 12 heteroatoms. The van der Waals surface area contributed by atoms with Crippen LogP contribution in [0.1, 0.15) is 70.5 Å². The average Bonchev–Trinajstić information content (AvgIpc) is 2.86. The Morgan fingerprint density at radius 2 is 1.76 bits per heavy atom. The summed E-state index contributed by atoms with van der Waals surface area (Å²) in [7, 11) is 0. The Labute approximate surface area is 255 Å². The predicted octanol–water partition coefficient (Wildman–Crippen LogP) is 3.37. The predicted molar refractivity (Wildman–Crippen MR) is 165 cm³/mol. The molecule has 1 heterocycles. The molecule has 8 N–H and O–H groups in total. The van der Waals surface area contributed by atoms with Gasteiger partial charge in [0.1, 0.15) is 12.0 Å². The minimum Gasteiger partial charge on any atom is -0.508 e. The molecule has 0 spiro atoms. The minimum atomic E-state index is -1.32. The fraction of sp³-hybridized carbons (Fsp3) is 0.500. The van der Waals surface area contributed by atoms with Crippen LogP contribution in [0.3, 0.4) is 0 Å². The van der Waals surface area contributed by atoms with Crippen LogP contribution in [0.25, 0.3) is 0 Å². The number of halogens is 1. The van der Waals surface area contributed by atoms with Crippen molar-refractivity contribution in [3.05, 3.63) is 57.6 Å². The number of guanidine groups is 1. The lowest BCUT2D eigenvalue weighted by Crippen LogP contribution is -2.45. The van der Waals surface area contributed by atoms with Crippen molar-refractivity contribution in [2.45, 2.75) is 65.3 Å². The molecule has 4 atom stereocenters. The number of aliphatic hydroxyl groups is 2. The van der Waals surface area contributed by atoms with Crippen molar-refractivity contribution in [1.82, 2.24) is 16.0 Å². The van der Waals surface area contributed by atoms with Crippen LogP contribution in [-0.4, -0.2) is 64.0 Å². The van der Waals surface area contributed by atoms with Gasteiger partial charge >= 0.3 is 5.97 Å². The number of aromatic hydroxyl groups is 1. The van der Waals surface area contributed by atoms with Crippen molar-refractivity contribution in [2.24, 2.45) is 16.3 Å². The number of β-amino-alcohol motifs (C(OH)–C–C–N with tert-alkyl or cyclic N) is 1. The first-order valence-electron chi connectivity index (χ1n) is 13.8. The Balaban J connectivity index is 1.79. The SMILES string of the molecule is CC(C)(C)c1cc(Br)cc(C(NC(=O)CNC(O)c2cc(O)cc(NC3=NCC(O)CN3)c2)C(C(=O)O)C(C)(C)C)c1. The molecule has 0 fully saturated rings. The number of nitrogens with one attached hydrogen (secondary N) is 4. The molecule has 0 aliphatic carbocycles. The van der Waals surface area contributed by atoms with Crippen LogP contribution in [0.15, 0.2) is 45.9 Å². The number of carbonyl (C=O) groups is 2. The van der Waals surface area contributed by atoms with E-state index >= 15 is 0 Å². The highest BCUT2D eigenvalue weighted by Crippen LogP contribution is 2.39. The number of amides is 1. The minimum absolute atomic E-state index is 0.115. The zero-order valence-corrected chi connectivity index (χ0v) is 26.4. The number of aliphatic carboxylic acids is 1. The number of carbonyl (C=O) groups excluding carboxylic acids is 1. The van der Waals surface area contributed by atoms with Crippen LogP contribution in [0, 0.1) is 11.3 Å². The van der Waals surface area contributed by atoms with Crippen LogP contribution in [0.5, 0.6) is 5.75 Å². The second-order valence-electron chi connectivity index (χ2n) is 12.7. The first-order chi connectivity index (χ1) is 19.4. The number of benzene rings is 2. The van der Waals surface area contributed by atoms with Crippen molar-refractivity contribution in [1.29, 1.82) is 0 Å². The molecule has 4 unspecified atom stereocenters. The molecule has 2 aromatic carbocycles. The number of rotatable bonds is 9. The lowest BCUT2D eigenvalue weighted by molar-refractivity contribution is -0.147. The summed E-state index contributed by atoms with van der Waals surface area (Å²) >= 11 is 3.54. The Morgan fingerprint density at radius 1 is 1.07 bits per heavy atom. The van der Waals surface area contributed by atoms with E-state index in [-0.39, 0.29) is 24.3 Å². The fourth-order valence-electron chi connectivity index (χ4n) is 4.75. The molecule has 2 aromatic rings. The van der Waals surface area contributed by atoms with E-state index in [1.165, 1.54) is 12.1 Å². The third kappa shape index (κ3) is 9.15. The lowest BCUT2D eigenvalue weighted by atomic mass is 9.73. The van der Waals surface area contributed by atoms with Gasteiger partial charge < -0.3 is 36.4 Å². The quantitative estimate of drug-likeness (QED) is 0.190. The first-order valence-corrected chi connectivity index (χ1v) is 14.6. The highest BCUT2D eigenvalue weighted by atomic mass is 79.9. The number of nitrogens with zero attached hydrogens (tertiary/aromatic N) is 1. The lowest BCUT2D eigenvalue weighted by Gasteiger charge is -2.35. The number of hydrogen-bond acceptors (Lipinski definition) is 9. The largest absolute Gasteiger partial charge is 0.508 e. The number of phenols is 1. The van der Waals surface area contributed by atoms with Crippen molar-refractivity contribution < 1.29 is 30.0 Å². The monoisotopic (exact) mass is 647 g/mol. The Hall–Kier alpha value is -3.19. The highest BCUT2D eigenvalue weighted by molar-refractivity contribution is 9.10. The molecule has 0 saturated carbocycles. The summed E-state index contributed by atoms with van der Waals surface area (Å²) in [5.74, 6) is -2.20. The van der Waals surface area contributed by atoms with E-state index in [2.05, 4.69) is 63.0 Å². The molecule has 1 amide bonds. The van der Waals surface area contributed by atoms with Crippen LogP contribution in [0.2, 0.25) is 0 Å². The van der Waals surface area contributed by atoms with Gasteiger partial charge in [-0.05, 0) is 46.2 Å². The van der Waals surface area contributed by atoms with E-state index in [4.69, 9.17) is 0 Å². The molecule has 42 heavy (non-hydrogen) atoms. The van der Waals surface area contributed by atoms with Crippen molar-refractivity contribution in [2.75, 3.05) is 25.0 Å². The van der Waals surface area contributed by atoms with Crippen molar-refractivity contribution in [3.8, 4) is 5.75 Å². The molecule has 0 aromatic heterocycles. The van der Waals surface area contributed by atoms with Crippen molar-refractivity contribution >= 4 is 39.5 Å². The Morgan fingerprint density at radius 3 is 2.33 bits per heavy atom. The fourth-order valence-corrected chi connectivity index (χ4v) is 5.26. The van der Waals surface area contributed by atoms with E-state index in [0.717, 1.165) is 10.0 Å². The number of anilines is 1. The third-order valence-corrected chi connectivity index (χ3v) is 7.39. The van der Waals surface area contributed by atoms with Gasteiger partial charge in [-0.2, -0.15) is 0 Å². The smallest absolute Gasteiger partial charge is 0.309 e. The number of aliphatic hydroxyl groups excluding tert-OH is 2. The van der Waals surface area contributed by atoms with Crippen LogP contribution < -0.4 is 21.3 Å². The normalized spacial score (nSPS) is 17.8. The number of carboxylic acids is 1. The van der Waals surface area contributed by atoms with Gasteiger partial charge in [-0.3, -0.25) is 19.9 Å². The van der Waals surface area contributed by atoms with E-state index in [1.807, 2.05) is 39.0 Å². The van der Waals surface area contributed by atoms with Gasteiger partial charge in [0.05, 0.1) is 31.2 Å². The molecular weight excluding hydrogens is 606 g/mol. The molecule has 0 radical (unpaired) electrons. The molecule has 0 bridgehead atoms. The van der Waals surface area contributed by atoms with Crippen LogP contribution in [0.4, 0.5) is 5.69 Å². The maximum absolute atomic E-state index is 13.2. The van der Waals surface area contributed by atoms with Gasteiger partial charge in [0.2, 0.25) is 5.91 Å². The number of carboxylic acid groups (broad SMARTS) is 1. The van der Waals surface area contributed by atoms with Gasteiger partial charge in [-0.25, -0.2) is 0 Å². The molecule has 3 rings (SSSR count). The second-order valence-corrected chi connectivity index (χ2v) is 13.6. The van der Waals surface area contributed by atoms with Crippen LogP contribution >= 0.6 is 15.9 Å². The summed E-state index contributed by atoms with van der Waals surface area (Å²) in [4.78, 5) is 29.9. The maximum Gasteiger partial charge on any atom is 0.309 e. The van der Waals surface area contributed by atoms with E-state index in [0.29, 0.717) is 29.3 Å². The third-order valence-electron chi connectivity index (χ3n) is 6.93. The maximum atomic E-state index is 13.2. The zero-order valence-electron chi connectivity index (χ0n) is 24.8. The van der Waals surface area contributed by atoms with E-state index in [9.17, 15) is 30.0 Å². The number of phenolic OH excluding ortho intramolecular Hbond substituents is 1. The van der Waals surface area contributed by atoms with Gasteiger partial charge in [-0.1, -0.05) is 63.5 Å².